The SMILES string of the molecule is CCCC[C@H]1C(=O)N(C)[C@@H](CCCC)C(=O)N[C@@H](CC(C)C)C(=O)N[C@H](C(=O)NCC(N)=O)CSCC(=O)N[C@@H](Cc2ccc(O)cc2)C(=O)N(C)[C@@H](C)C(=O)N[C@@H](CC(N)=O)C(=O)N2CCC[C@H]2C(=O)N[C@@H](CN)C(=O)N[C@@H](CC(C)C)C(=O)N2C[C@H](O)C[C@H]2C(=O)N[C@@H](Cc2c[nH]c3ccccc23)C(=O)N[C@@H](CCCCN)C(=O)N[C@@H](Cc2cn(CC(=O)O)c3ccccc23)C(=O)N1C. The van der Waals surface area contributed by atoms with Gasteiger partial charge in [-0.05, 0) is 124 Å². The number of carboxylic acids is 1. The van der Waals surface area contributed by atoms with Gasteiger partial charge in [0.05, 0.1) is 24.8 Å². The topological polar surface area (TPSA) is 629 Å². The van der Waals surface area contributed by atoms with Crippen molar-refractivity contribution in [3.05, 3.63) is 102 Å². The maximum atomic E-state index is 16.1. The lowest BCUT2D eigenvalue weighted by Gasteiger charge is -2.36. The number of phenols is 1. The Bertz CT molecular complexity index is 5090. The second kappa shape index (κ2) is 51.8. The number of aliphatic carboxylic acids is 1. The molecular weight excluding hydrogens is 1780 g/mol. The van der Waals surface area contributed by atoms with Gasteiger partial charge in [-0.25, -0.2) is 0 Å². The van der Waals surface area contributed by atoms with E-state index in [2.05, 4.69) is 58.2 Å². The molecule has 22 N–H and O–H groups in total. The number of carboxylic acid groups (broad SMARTS) is 1. The Labute approximate surface area is 794 Å². The van der Waals surface area contributed by atoms with Gasteiger partial charge >= 0.3 is 5.97 Å². The first-order valence-electron chi connectivity index (χ1n) is 46.3. The van der Waals surface area contributed by atoms with Crippen molar-refractivity contribution in [3.63, 3.8) is 0 Å². The first kappa shape index (κ1) is 109. The molecule has 5 aromatic rings. The summed E-state index contributed by atoms with van der Waals surface area (Å²) in [5.74, 6) is -18.6. The number of carbonyl (C=O) groups excluding carboxylic acids is 17. The average Bonchev–Trinajstić information content (AvgIpc) is 1.63. The fourth-order valence-electron chi connectivity index (χ4n) is 17.1. The summed E-state index contributed by atoms with van der Waals surface area (Å²) in [5.41, 5.74) is 25.8. The molecule has 0 radical (unpaired) electrons. The van der Waals surface area contributed by atoms with E-state index in [1.807, 2.05) is 13.8 Å². The highest BCUT2D eigenvalue weighted by atomic mass is 32.2. The van der Waals surface area contributed by atoms with Crippen LogP contribution in [0.5, 0.6) is 5.75 Å². The quantitative estimate of drug-likeness (QED) is 0.0255. The predicted octanol–water partition coefficient (Wildman–Crippen LogP) is -1.46. The van der Waals surface area contributed by atoms with Crippen LogP contribution in [0, 0.1) is 11.8 Å². The molecule has 17 amide bonds. The Kier molecular flexibility index (Phi) is 41.3. The van der Waals surface area contributed by atoms with Gasteiger partial charge in [0.1, 0.15) is 96.9 Å². The summed E-state index contributed by atoms with van der Waals surface area (Å²) in [4.78, 5) is 272. The Hall–Kier alpha value is -12.8. The third kappa shape index (κ3) is 30.4. The van der Waals surface area contributed by atoms with Crippen LogP contribution in [0.25, 0.3) is 21.8 Å². The second-order valence-corrected chi connectivity index (χ2v) is 37.0. The number of aliphatic hydroxyl groups is 1. The number of aromatic amines is 1. The molecule has 2 aromatic heterocycles. The Morgan fingerprint density at radius 3 is 1.74 bits per heavy atom. The van der Waals surface area contributed by atoms with Gasteiger partial charge in [-0.2, -0.15) is 0 Å². The van der Waals surface area contributed by atoms with E-state index < -0.39 is 241 Å². The number of fused-ring (bicyclic) bond motifs is 4. The van der Waals surface area contributed by atoms with E-state index >= 15 is 33.6 Å². The van der Waals surface area contributed by atoms with Crippen molar-refractivity contribution in [1.82, 2.24) is 87.2 Å². The summed E-state index contributed by atoms with van der Waals surface area (Å²) < 4.78 is 1.45. The number of nitrogens with zero attached hydrogens (tertiary/aromatic N) is 6. The molecule has 43 heteroatoms. The number of phenolic OH excluding ortho intramolecular Hbond substituents is 1. The molecular formula is C93H135N21O21S. The van der Waals surface area contributed by atoms with Crippen LogP contribution in [0.3, 0.4) is 0 Å². The molecule has 3 saturated heterocycles. The van der Waals surface area contributed by atoms with E-state index in [0.29, 0.717) is 70.6 Å². The first-order valence-corrected chi connectivity index (χ1v) is 47.5. The lowest BCUT2D eigenvalue weighted by Crippen LogP contribution is -2.61. The van der Waals surface area contributed by atoms with Gasteiger partial charge < -0.3 is 125 Å². The maximum Gasteiger partial charge on any atom is 0.323 e. The number of H-pyrrole nitrogens is 1. The molecule has 0 spiro atoms. The minimum absolute atomic E-state index is 0.00549. The van der Waals surface area contributed by atoms with E-state index in [9.17, 15) is 68.1 Å². The lowest BCUT2D eigenvalue weighted by atomic mass is 9.99. The normalized spacial score (nSPS) is 24.8. The molecule has 5 heterocycles. The largest absolute Gasteiger partial charge is 0.508 e. The number of para-hydroxylation sites is 2. The number of aliphatic hydroxyl groups excluding tert-OH is 1. The zero-order valence-electron chi connectivity index (χ0n) is 78.9. The van der Waals surface area contributed by atoms with Crippen LogP contribution in [-0.2, 0) is 112 Å². The molecule has 136 heavy (non-hydrogen) atoms. The molecule has 42 nitrogen and oxygen atoms in total. The minimum atomic E-state index is -1.77. The van der Waals surface area contributed by atoms with E-state index in [0.717, 1.165) is 31.4 Å². The molecule has 0 saturated carbocycles. The molecule has 0 aliphatic carbocycles. The van der Waals surface area contributed by atoms with E-state index in [1.54, 1.807) is 82.4 Å². The van der Waals surface area contributed by atoms with Gasteiger partial charge in [0.25, 0.3) is 0 Å². The molecule has 8 rings (SSSR count). The summed E-state index contributed by atoms with van der Waals surface area (Å²) in [6.07, 6.45) is 1.75. The molecule has 3 aromatic carbocycles. The lowest BCUT2D eigenvalue weighted by molar-refractivity contribution is -0.149. The first-order chi connectivity index (χ1) is 64.6. The fourth-order valence-corrected chi connectivity index (χ4v) is 18.0. The number of likely N-dealkylation sites (N-methyl/N-ethyl adjacent to an activating group) is 3. The highest BCUT2D eigenvalue weighted by Gasteiger charge is 2.47. The van der Waals surface area contributed by atoms with Crippen molar-refractivity contribution in [2.45, 2.75) is 261 Å². The van der Waals surface area contributed by atoms with Crippen LogP contribution in [0.4, 0.5) is 0 Å². The minimum Gasteiger partial charge on any atom is -0.508 e. The van der Waals surface area contributed by atoms with Crippen LogP contribution in [0.2, 0.25) is 0 Å². The predicted molar refractivity (Wildman–Crippen MR) is 504 cm³/mol. The number of aromatic hydroxyl groups is 1. The van der Waals surface area contributed by atoms with E-state index in [4.69, 9.17) is 22.9 Å². The number of aromatic nitrogens is 2. The van der Waals surface area contributed by atoms with Gasteiger partial charge in [0, 0.05) is 106 Å². The number of primary amides is 2. The number of thioether (sulfide) groups is 1. The van der Waals surface area contributed by atoms with Crippen molar-refractivity contribution in [2.75, 3.05) is 65.4 Å². The standard InChI is InChI=1S/C93H135N21O21S/c1-11-13-26-72-86(128)102-63(36-51(3)4)83(125)108-70(81(123)99-45-77(97)118)49-136-50-78(119)100-66(38-54-30-32-57(115)33-31-54)89(131)109(8)53(7)80(122)104-68(42-76(96)117)91(133)113-35-21-29-73(113)87(129)107-69(43-95)85(127)105-65(37-52(5)6)92(134)114-47-58(116)41-75(114)88(130)103-64(39-55-44-98-61-24-17-15-22-59(55)61)84(126)101-62(25-19-20-34-94)82(124)106-67(90(132)111(10)74(27-14-12-2)93(135)110(72)9)40-56-46-112(48-79(120)121)71-28-18-16-23-60(56)71/h15-18,22-24,28,30-33,44,46,51-53,58,62-70,72-75,98,115-116H,11-14,19-21,25-27,29,34-43,45,47-50,94-95H2,1-10H3,(H2,96,117)(H2,97,118)(H,99,123)(H,100,119)(H,101,126)(H,102,128)(H,103,130)(H,104,122)(H,105,127)(H,106,124)(H,107,129)(H,108,125)(H,120,121)/t53-,58+,62-,63-,64-,65-,66-,67-,68-,69-,70-,72-,73-,74-,75-/m0/s1. The number of unbranched alkanes of at least 4 members (excludes halogenated alkanes) is 3. The summed E-state index contributed by atoms with van der Waals surface area (Å²) in [6.45, 7) is 9.71. The Morgan fingerprint density at radius 1 is 0.537 bits per heavy atom. The summed E-state index contributed by atoms with van der Waals surface area (Å²) >= 11 is 0.787. The molecule has 3 fully saturated rings. The molecule has 0 unspecified atom stereocenters. The van der Waals surface area contributed by atoms with Gasteiger partial charge in [-0.1, -0.05) is 116 Å². The number of nitrogens with one attached hydrogen (secondary N) is 11. The van der Waals surface area contributed by atoms with E-state index in [-0.39, 0.29) is 108 Å². The van der Waals surface area contributed by atoms with Gasteiger partial charge in [0.2, 0.25) is 100 Å². The molecule has 3 aliphatic heterocycles. The van der Waals surface area contributed by atoms with Crippen LogP contribution >= 0.6 is 11.8 Å². The third-order valence-corrected chi connectivity index (χ3v) is 25.6. The number of amides is 17. The highest BCUT2D eigenvalue weighted by Crippen LogP contribution is 2.29. The molecule has 744 valence electrons. The monoisotopic (exact) mass is 1910 g/mol. The van der Waals surface area contributed by atoms with Crippen LogP contribution in [0.15, 0.2) is 85.2 Å². The fraction of sp³-hybridized carbons (Fsp3) is 0.570. The maximum absolute atomic E-state index is 16.1. The number of hydrogen-bond acceptors (Lipinski definition) is 23. The van der Waals surface area contributed by atoms with Crippen LogP contribution in [-0.4, -0.2) is 312 Å². The zero-order valence-corrected chi connectivity index (χ0v) is 79.7. The summed E-state index contributed by atoms with van der Waals surface area (Å²) in [5, 5.41) is 59.8. The van der Waals surface area contributed by atoms with Crippen molar-refractivity contribution in [1.29, 1.82) is 0 Å². The number of rotatable bonds is 28. The van der Waals surface area contributed by atoms with Crippen molar-refractivity contribution in [3.8, 4) is 5.75 Å². The molecule has 3 aliphatic rings. The number of carbonyl (C=O) groups is 18. The molecule has 0 bridgehead atoms. The average molecular weight is 1920 g/mol. The van der Waals surface area contributed by atoms with Crippen molar-refractivity contribution >= 4 is 140 Å². The smallest absolute Gasteiger partial charge is 0.323 e. The summed E-state index contributed by atoms with van der Waals surface area (Å²) in [7, 11) is 3.94. The Balaban J connectivity index is 1.22. The van der Waals surface area contributed by atoms with Gasteiger partial charge in [-0.3, -0.25) is 86.3 Å². The van der Waals surface area contributed by atoms with Crippen molar-refractivity contribution < 1.29 is 102 Å². The Morgan fingerprint density at radius 2 is 1.09 bits per heavy atom. The van der Waals surface area contributed by atoms with Crippen LogP contribution in [0.1, 0.15) is 161 Å². The number of nitrogens with two attached hydrogens (primary N) is 4. The second-order valence-electron chi connectivity index (χ2n) is 36.0. The zero-order chi connectivity index (χ0) is 100. The number of benzene rings is 3. The third-order valence-electron chi connectivity index (χ3n) is 24.6. The number of hydrogen-bond donors (Lipinski definition) is 18. The molecule has 15 atom stereocenters. The van der Waals surface area contributed by atoms with Crippen LogP contribution < -0.4 is 76.1 Å². The van der Waals surface area contributed by atoms with E-state index in [1.165, 1.54) is 68.0 Å². The van der Waals surface area contributed by atoms with Gasteiger partial charge in [-0.15, -0.1) is 11.8 Å². The summed E-state index contributed by atoms with van der Waals surface area (Å²) in [6, 6.07) is -1.93. The highest BCUT2D eigenvalue weighted by molar-refractivity contribution is 8.00. The van der Waals surface area contributed by atoms with Gasteiger partial charge in [0.15, 0.2) is 0 Å². The van der Waals surface area contributed by atoms with Crippen molar-refractivity contribution in [2.24, 2.45) is 34.8 Å².